The van der Waals surface area contributed by atoms with Crippen molar-refractivity contribution in [1.82, 2.24) is 16.1 Å². The highest BCUT2D eigenvalue weighted by Crippen LogP contribution is 2.34. The van der Waals surface area contributed by atoms with Crippen LogP contribution in [0.5, 0.6) is 17.2 Å². The molecule has 0 radical (unpaired) electrons. The number of phenolic OH excluding ortho intramolecular Hbond substituents is 1. The number of carbonyl (C=O) groups is 2. The van der Waals surface area contributed by atoms with Gasteiger partial charge >= 0.3 is 12.0 Å². The number of hydrogen-bond acceptors (Lipinski definition) is 9. The molecular weight excluding hydrogens is 456 g/mol. The van der Waals surface area contributed by atoms with Gasteiger partial charge in [0, 0.05) is 5.70 Å². The first-order chi connectivity index (χ1) is 16.8. The fourth-order valence-corrected chi connectivity index (χ4v) is 3.43. The third-order valence-corrected chi connectivity index (χ3v) is 4.98. The molecule has 0 saturated heterocycles. The van der Waals surface area contributed by atoms with E-state index >= 15 is 0 Å². The van der Waals surface area contributed by atoms with E-state index in [4.69, 9.17) is 14.2 Å². The van der Waals surface area contributed by atoms with Crippen molar-refractivity contribution >= 4 is 18.2 Å². The predicted molar refractivity (Wildman–Crippen MR) is 127 cm³/mol. The number of urea groups is 1. The Kier molecular flexibility index (Phi) is 8.52. The maximum atomic E-state index is 12.3. The summed E-state index contributed by atoms with van der Waals surface area (Å²) in [6.45, 7) is 3.62. The number of hydrazone groups is 1. The van der Waals surface area contributed by atoms with Gasteiger partial charge in [-0.1, -0.05) is 18.2 Å². The Labute approximate surface area is 202 Å². The smallest absolute Gasteiger partial charge is 0.337 e. The first-order valence-corrected chi connectivity index (χ1v) is 10.8. The van der Waals surface area contributed by atoms with E-state index in [1.54, 1.807) is 50.2 Å². The van der Waals surface area contributed by atoms with Crippen LogP contribution in [-0.4, -0.2) is 55.0 Å². The van der Waals surface area contributed by atoms with Crippen LogP contribution in [0.15, 0.2) is 58.8 Å². The minimum Gasteiger partial charge on any atom is -0.508 e. The monoisotopic (exact) mass is 484 g/mol. The van der Waals surface area contributed by atoms with Crippen LogP contribution in [0.4, 0.5) is 4.79 Å². The molecule has 0 aromatic heterocycles. The molecule has 186 valence electrons. The minimum atomic E-state index is -1.13. The molecular formula is C24H28N4O7. The summed E-state index contributed by atoms with van der Waals surface area (Å²) in [6.07, 6.45) is 0.323. The molecule has 2 aromatic rings. The van der Waals surface area contributed by atoms with Crippen molar-refractivity contribution in [1.29, 1.82) is 0 Å². The Morgan fingerprint density at radius 2 is 2.03 bits per heavy atom. The summed E-state index contributed by atoms with van der Waals surface area (Å²) in [5.74, 6) is 0.265. The van der Waals surface area contributed by atoms with E-state index in [-0.39, 0.29) is 17.9 Å². The Morgan fingerprint density at radius 1 is 1.23 bits per heavy atom. The molecule has 3 rings (SSSR count). The second-order valence-electron chi connectivity index (χ2n) is 7.51. The number of aliphatic hydroxyl groups excluding tert-OH is 1. The van der Waals surface area contributed by atoms with Crippen LogP contribution in [0.3, 0.4) is 0 Å². The molecule has 5 N–H and O–H groups in total. The molecule has 1 heterocycles. The Bertz CT molecular complexity index is 1130. The lowest BCUT2D eigenvalue weighted by Gasteiger charge is -2.28. The third-order valence-electron chi connectivity index (χ3n) is 4.98. The third kappa shape index (κ3) is 6.64. The maximum Gasteiger partial charge on any atom is 0.337 e. The van der Waals surface area contributed by atoms with Gasteiger partial charge in [0.1, 0.15) is 12.4 Å². The van der Waals surface area contributed by atoms with Crippen LogP contribution in [-0.2, 0) is 9.53 Å². The average Bonchev–Trinajstić information content (AvgIpc) is 2.82. The number of nitrogens with zero attached hydrogens (tertiary/aromatic N) is 1. The highest BCUT2D eigenvalue weighted by molar-refractivity contribution is 5.95. The van der Waals surface area contributed by atoms with Crippen LogP contribution < -0.4 is 25.5 Å². The Balaban J connectivity index is 1.71. The number of esters is 1. The number of aromatic hydroxyl groups is 1. The zero-order chi connectivity index (χ0) is 25.4. The number of ether oxygens (including phenoxy) is 3. The maximum absolute atomic E-state index is 12.3. The van der Waals surface area contributed by atoms with Crippen molar-refractivity contribution in [2.24, 2.45) is 5.10 Å². The fraction of sp³-hybridized carbons (Fsp3) is 0.292. The van der Waals surface area contributed by atoms with Gasteiger partial charge in [0.15, 0.2) is 17.7 Å². The number of nitrogens with one attached hydrogen (secondary N) is 3. The first kappa shape index (κ1) is 25.4. The number of phenols is 1. The average molecular weight is 485 g/mol. The molecule has 0 bridgehead atoms. The molecule has 2 atom stereocenters. The summed E-state index contributed by atoms with van der Waals surface area (Å²) in [7, 11) is 1.27. The highest BCUT2D eigenvalue weighted by Gasteiger charge is 2.32. The van der Waals surface area contributed by atoms with Crippen molar-refractivity contribution in [3.63, 3.8) is 0 Å². The lowest BCUT2D eigenvalue weighted by Crippen LogP contribution is -2.45. The molecule has 0 fully saturated rings. The number of amides is 2. The lowest BCUT2D eigenvalue weighted by molar-refractivity contribution is -0.136. The van der Waals surface area contributed by atoms with Crippen molar-refractivity contribution in [3.8, 4) is 17.2 Å². The van der Waals surface area contributed by atoms with Gasteiger partial charge in [-0.3, -0.25) is 5.43 Å². The molecule has 11 nitrogen and oxygen atoms in total. The Hall–Kier alpha value is -4.25. The summed E-state index contributed by atoms with van der Waals surface area (Å²) >= 11 is 0. The van der Waals surface area contributed by atoms with E-state index < -0.39 is 24.3 Å². The molecule has 2 amide bonds. The fourth-order valence-electron chi connectivity index (χ4n) is 3.43. The topological polar surface area (TPSA) is 151 Å². The van der Waals surface area contributed by atoms with Crippen molar-refractivity contribution in [3.05, 3.63) is 64.9 Å². The van der Waals surface area contributed by atoms with E-state index in [0.717, 1.165) is 0 Å². The zero-order valence-electron chi connectivity index (χ0n) is 19.6. The van der Waals surface area contributed by atoms with Gasteiger partial charge in [-0.2, -0.15) is 5.10 Å². The standard InChI is InChI=1S/C24H28N4O7/c1-4-34-19-11-16(22-21(23(31)33-3)14(2)26-24(32)27-22)8-9-18(19)35-13-20(30)28-25-12-15-6-5-7-17(29)10-15/h5-12,20,22,28-30H,4,13H2,1-3H3,(H2,26,27,32)/b25-12-/t20-,22+/m0/s1. The lowest BCUT2D eigenvalue weighted by atomic mass is 9.95. The molecule has 0 spiro atoms. The van der Waals surface area contributed by atoms with Crippen LogP contribution in [0, 0.1) is 0 Å². The number of aliphatic hydroxyl groups is 1. The van der Waals surface area contributed by atoms with Gasteiger partial charge in [-0.05, 0) is 49.2 Å². The second-order valence-corrected chi connectivity index (χ2v) is 7.51. The number of allylic oxidation sites excluding steroid dienone is 1. The number of benzene rings is 2. The second kappa shape index (κ2) is 11.7. The summed E-state index contributed by atoms with van der Waals surface area (Å²) in [6, 6.07) is 10.3. The van der Waals surface area contributed by atoms with E-state index in [1.807, 2.05) is 0 Å². The van der Waals surface area contributed by atoms with Crippen LogP contribution in [0.25, 0.3) is 0 Å². The zero-order valence-corrected chi connectivity index (χ0v) is 19.6. The van der Waals surface area contributed by atoms with Gasteiger partial charge < -0.3 is 35.1 Å². The first-order valence-electron chi connectivity index (χ1n) is 10.8. The van der Waals surface area contributed by atoms with Gasteiger partial charge in [0.05, 0.1) is 31.5 Å². The largest absolute Gasteiger partial charge is 0.508 e. The van der Waals surface area contributed by atoms with E-state index in [2.05, 4.69) is 21.2 Å². The molecule has 0 unspecified atom stereocenters. The molecule has 0 aliphatic carbocycles. The van der Waals surface area contributed by atoms with Crippen molar-refractivity contribution < 1.29 is 34.0 Å². The quantitative estimate of drug-likeness (QED) is 0.149. The van der Waals surface area contributed by atoms with Gasteiger partial charge in [0.25, 0.3) is 0 Å². The number of hydrogen-bond donors (Lipinski definition) is 5. The van der Waals surface area contributed by atoms with E-state index in [9.17, 15) is 19.8 Å². The summed E-state index contributed by atoms with van der Waals surface area (Å²) < 4.78 is 16.3. The number of rotatable bonds is 10. The highest BCUT2D eigenvalue weighted by atomic mass is 16.5. The van der Waals surface area contributed by atoms with E-state index in [1.165, 1.54) is 19.4 Å². The molecule has 2 aromatic carbocycles. The molecule has 11 heteroatoms. The Morgan fingerprint density at radius 3 is 2.74 bits per heavy atom. The molecule has 1 aliphatic heterocycles. The summed E-state index contributed by atoms with van der Waals surface area (Å²) in [5, 5.41) is 28.9. The summed E-state index contributed by atoms with van der Waals surface area (Å²) in [5.41, 5.74) is 4.44. The van der Waals surface area contributed by atoms with Gasteiger partial charge in [-0.25, -0.2) is 9.59 Å². The van der Waals surface area contributed by atoms with Crippen molar-refractivity contribution in [2.45, 2.75) is 26.1 Å². The SMILES string of the molecule is CCOc1cc([C@H]2NC(=O)NC(C)=C2C(=O)OC)ccc1OC[C@H](O)N/N=C\c1cccc(O)c1. The van der Waals surface area contributed by atoms with Gasteiger partial charge in [0.2, 0.25) is 0 Å². The normalized spacial score (nSPS) is 16.3. The number of carbonyl (C=O) groups excluding carboxylic acids is 2. The van der Waals surface area contributed by atoms with Crippen LogP contribution in [0.2, 0.25) is 0 Å². The molecule has 0 saturated carbocycles. The van der Waals surface area contributed by atoms with Crippen LogP contribution >= 0.6 is 0 Å². The number of methoxy groups -OCH3 is 1. The minimum absolute atomic E-state index is 0.109. The predicted octanol–water partition coefficient (Wildman–Crippen LogP) is 1.91. The molecule has 35 heavy (non-hydrogen) atoms. The van der Waals surface area contributed by atoms with Crippen LogP contribution in [0.1, 0.15) is 31.0 Å². The van der Waals surface area contributed by atoms with E-state index in [0.29, 0.717) is 34.9 Å². The summed E-state index contributed by atoms with van der Waals surface area (Å²) in [4.78, 5) is 24.4. The van der Waals surface area contributed by atoms with Crippen molar-refractivity contribution in [2.75, 3.05) is 20.3 Å². The molecule has 1 aliphatic rings. The van der Waals surface area contributed by atoms with Gasteiger partial charge in [-0.15, -0.1) is 0 Å².